The molecule has 0 bridgehead atoms. The number of ether oxygens (including phenoxy) is 4. The van der Waals surface area contributed by atoms with Gasteiger partial charge in [0.2, 0.25) is 5.13 Å². The molecule has 0 spiro atoms. The third kappa shape index (κ3) is 12.1. The Bertz CT molecular complexity index is 2100. The lowest BCUT2D eigenvalue weighted by Crippen LogP contribution is -2.14. The fourth-order valence-corrected chi connectivity index (χ4v) is 7.75. The number of fused-ring (bicyclic) bond motifs is 1. The van der Waals surface area contributed by atoms with Crippen molar-refractivity contribution < 1.29 is 33.3 Å². The molecule has 0 unspecified atom stereocenters. The van der Waals surface area contributed by atoms with Crippen LogP contribution in [0.2, 0.25) is 0 Å². The molecule has 10 nitrogen and oxygen atoms in total. The van der Waals surface area contributed by atoms with Crippen molar-refractivity contribution in [2.75, 3.05) is 18.6 Å². The van der Waals surface area contributed by atoms with Crippen LogP contribution in [0.25, 0.3) is 10.2 Å². The highest BCUT2D eigenvalue weighted by Gasteiger charge is 2.23. The number of hydrogen-bond acceptors (Lipinski definition) is 11. The molecule has 1 fully saturated rings. The summed E-state index contributed by atoms with van der Waals surface area (Å²) in [6.07, 6.45) is 13.6. The molecule has 1 N–H and O–H groups in total. The minimum atomic E-state index is -0.543. The number of hydrogen-bond donors (Lipinski definition) is 1. The van der Waals surface area contributed by atoms with Crippen LogP contribution >= 0.6 is 11.3 Å². The Balaban J connectivity index is 1.03. The van der Waals surface area contributed by atoms with Gasteiger partial charge in [0.15, 0.2) is 0 Å². The SMILES string of the molecule is C=CC(=O)OCCCCCCOc1ccc(C(=O)Oc2ccc(C(=O)Oc3ccc(C4CCC(CCC)CC4)cc3/C=N/Nc3nc4ccccc4s3)cc2)cc1. The van der Waals surface area contributed by atoms with E-state index in [0.717, 1.165) is 60.7 Å². The number of para-hydroxylation sites is 1. The number of nitrogens with zero attached hydrogens (tertiary/aromatic N) is 2. The first-order chi connectivity index (χ1) is 27.9. The Labute approximate surface area is 337 Å². The van der Waals surface area contributed by atoms with E-state index < -0.39 is 17.9 Å². The molecule has 1 aliphatic carbocycles. The number of carbonyl (C=O) groups excluding carboxylic acids is 3. The van der Waals surface area contributed by atoms with Crippen LogP contribution in [0.1, 0.15) is 109 Å². The predicted molar refractivity (Wildman–Crippen MR) is 225 cm³/mol. The van der Waals surface area contributed by atoms with E-state index in [1.165, 1.54) is 42.6 Å². The molecule has 296 valence electrons. The minimum Gasteiger partial charge on any atom is -0.494 e. The number of esters is 3. The van der Waals surface area contributed by atoms with Gasteiger partial charge in [0.05, 0.1) is 40.8 Å². The molecule has 0 aliphatic heterocycles. The van der Waals surface area contributed by atoms with Gasteiger partial charge >= 0.3 is 17.9 Å². The van der Waals surface area contributed by atoms with Crippen LogP contribution in [0.4, 0.5) is 5.13 Å². The molecule has 11 heteroatoms. The summed E-state index contributed by atoms with van der Waals surface area (Å²) in [7, 11) is 0. The maximum atomic E-state index is 13.4. The number of aromatic nitrogens is 1. The number of unbranched alkanes of at least 4 members (excludes halogenated alkanes) is 3. The van der Waals surface area contributed by atoms with E-state index in [1.54, 1.807) is 54.7 Å². The largest absolute Gasteiger partial charge is 0.494 e. The predicted octanol–water partition coefficient (Wildman–Crippen LogP) is 10.9. The lowest BCUT2D eigenvalue weighted by molar-refractivity contribution is -0.137. The van der Waals surface area contributed by atoms with Crippen molar-refractivity contribution in [3.8, 4) is 17.2 Å². The van der Waals surface area contributed by atoms with Crippen LogP contribution < -0.4 is 19.6 Å². The van der Waals surface area contributed by atoms with E-state index >= 15 is 0 Å². The van der Waals surface area contributed by atoms with E-state index in [0.29, 0.717) is 58.2 Å². The van der Waals surface area contributed by atoms with E-state index in [-0.39, 0.29) is 0 Å². The molecule has 5 aromatic rings. The van der Waals surface area contributed by atoms with Crippen molar-refractivity contribution in [1.82, 2.24) is 4.98 Å². The third-order valence-electron chi connectivity index (χ3n) is 10.0. The fourth-order valence-electron chi connectivity index (χ4n) is 6.93. The number of anilines is 1. The maximum Gasteiger partial charge on any atom is 0.343 e. The quantitative estimate of drug-likeness (QED) is 0.0217. The molecule has 1 saturated carbocycles. The van der Waals surface area contributed by atoms with Crippen molar-refractivity contribution in [2.45, 2.75) is 77.0 Å². The van der Waals surface area contributed by atoms with Crippen molar-refractivity contribution in [3.05, 3.63) is 126 Å². The summed E-state index contributed by atoms with van der Waals surface area (Å²) in [6.45, 7) is 6.55. The molecule has 0 amide bonds. The minimum absolute atomic E-state index is 0.294. The van der Waals surface area contributed by atoms with Crippen molar-refractivity contribution >= 4 is 50.8 Å². The van der Waals surface area contributed by atoms with Crippen molar-refractivity contribution in [3.63, 3.8) is 0 Å². The molecular formula is C46H49N3O7S. The normalized spacial score (nSPS) is 15.2. The van der Waals surface area contributed by atoms with E-state index in [4.69, 9.17) is 18.9 Å². The highest BCUT2D eigenvalue weighted by atomic mass is 32.1. The van der Waals surface area contributed by atoms with Crippen molar-refractivity contribution in [2.24, 2.45) is 11.0 Å². The molecule has 57 heavy (non-hydrogen) atoms. The van der Waals surface area contributed by atoms with Crippen LogP contribution in [0.3, 0.4) is 0 Å². The van der Waals surface area contributed by atoms with Crippen LogP contribution in [-0.4, -0.2) is 42.3 Å². The van der Waals surface area contributed by atoms with E-state index in [9.17, 15) is 14.4 Å². The Morgan fingerprint density at radius 1 is 0.825 bits per heavy atom. The zero-order valence-corrected chi connectivity index (χ0v) is 33.1. The first kappa shape index (κ1) is 40.8. The van der Waals surface area contributed by atoms with Gasteiger partial charge in [-0.15, -0.1) is 0 Å². The van der Waals surface area contributed by atoms with Gasteiger partial charge in [-0.2, -0.15) is 5.10 Å². The summed E-state index contributed by atoms with van der Waals surface area (Å²) in [5, 5.41) is 5.16. The second kappa shape index (κ2) is 20.9. The molecule has 1 aromatic heterocycles. The topological polar surface area (TPSA) is 125 Å². The zero-order valence-electron chi connectivity index (χ0n) is 32.3. The monoisotopic (exact) mass is 787 g/mol. The smallest absolute Gasteiger partial charge is 0.343 e. The first-order valence-electron chi connectivity index (χ1n) is 19.7. The van der Waals surface area contributed by atoms with Crippen LogP contribution in [0.5, 0.6) is 17.2 Å². The molecule has 1 heterocycles. The average Bonchev–Trinajstić information content (AvgIpc) is 3.66. The number of benzene rings is 4. The lowest BCUT2D eigenvalue weighted by atomic mass is 9.77. The van der Waals surface area contributed by atoms with E-state index in [1.807, 2.05) is 30.3 Å². The summed E-state index contributed by atoms with van der Waals surface area (Å²) in [5.74, 6) is 1.11. The standard InChI is InChI=1S/C46H49N3O7S/c1-3-11-32-14-16-33(17-15-32)36-22-27-41(37(30-36)31-47-49-46-48-40-12-7-8-13-42(40)57-46)56-45(52)35-20-25-39(26-21-35)55-44(51)34-18-23-38(24-19-34)53-28-9-5-6-10-29-54-43(50)4-2/h4,7-8,12-13,18-27,30-33H,2-3,5-6,9-11,14-17,28-29H2,1H3,(H,48,49)/b47-31+. The Morgan fingerprint density at radius 3 is 2.21 bits per heavy atom. The fraction of sp³-hybridized carbons (Fsp3) is 0.326. The number of carbonyl (C=O) groups is 3. The summed E-state index contributed by atoms with van der Waals surface area (Å²) in [5.41, 5.74) is 6.52. The highest BCUT2D eigenvalue weighted by Crippen LogP contribution is 2.38. The zero-order chi connectivity index (χ0) is 39.8. The summed E-state index contributed by atoms with van der Waals surface area (Å²) in [6, 6.07) is 26.9. The van der Waals surface area contributed by atoms with Gasteiger partial charge in [0.25, 0.3) is 0 Å². The maximum absolute atomic E-state index is 13.4. The molecule has 0 radical (unpaired) electrons. The van der Waals surface area contributed by atoms with Gasteiger partial charge in [0.1, 0.15) is 17.2 Å². The summed E-state index contributed by atoms with van der Waals surface area (Å²) < 4.78 is 23.3. The first-order valence-corrected chi connectivity index (χ1v) is 20.5. The molecule has 1 aliphatic rings. The Hall–Kier alpha value is -5.81. The van der Waals surface area contributed by atoms with Gasteiger partial charge in [-0.3, -0.25) is 5.43 Å². The molecule has 6 rings (SSSR count). The van der Waals surface area contributed by atoms with Crippen molar-refractivity contribution in [1.29, 1.82) is 0 Å². The number of nitrogens with one attached hydrogen (secondary N) is 1. The van der Waals surface area contributed by atoms with Crippen LogP contribution in [-0.2, 0) is 9.53 Å². The van der Waals surface area contributed by atoms with Crippen LogP contribution in [0, 0.1) is 5.92 Å². The van der Waals surface area contributed by atoms with Crippen LogP contribution in [0.15, 0.2) is 109 Å². The van der Waals surface area contributed by atoms with Gasteiger partial charge in [-0.25, -0.2) is 19.4 Å². The summed E-state index contributed by atoms with van der Waals surface area (Å²) >= 11 is 1.52. The molecule has 0 saturated heterocycles. The second-order valence-corrected chi connectivity index (χ2v) is 15.2. The molecular weight excluding hydrogens is 739 g/mol. The van der Waals surface area contributed by atoms with Gasteiger partial charge in [0, 0.05) is 11.6 Å². The molecule has 0 atom stereocenters. The lowest BCUT2D eigenvalue weighted by Gasteiger charge is -2.29. The molecule has 4 aromatic carbocycles. The summed E-state index contributed by atoms with van der Waals surface area (Å²) in [4.78, 5) is 41.9. The third-order valence-corrected chi connectivity index (χ3v) is 11.0. The number of rotatable bonds is 19. The second-order valence-electron chi connectivity index (χ2n) is 14.1. The van der Waals surface area contributed by atoms with E-state index in [2.05, 4.69) is 41.1 Å². The Morgan fingerprint density at radius 2 is 1.51 bits per heavy atom. The van der Waals surface area contributed by atoms with Gasteiger partial charge in [-0.05, 0) is 142 Å². The number of thiazole rings is 1. The number of hydrazone groups is 1. The highest BCUT2D eigenvalue weighted by molar-refractivity contribution is 7.22. The Kier molecular flexibility index (Phi) is 15.0. The average molecular weight is 788 g/mol. The van der Waals surface area contributed by atoms with Gasteiger partial charge in [-0.1, -0.05) is 55.9 Å². The van der Waals surface area contributed by atoms with Gasteiger partial charge < -0.3 is 18.9 Å².